The fourth-order valence-electron chi connectivity index (χ4n) is 4.40. The van der Waals surface area contributed by atoms with Crippen LogP contribution in [0.25, 0.3) is 11.4 Å². The number of hydrogen-bond acceptors (Lipinski definition) is 4. The third-order valence-electron chi connectivity index (χ3n) is 6.31. The predicted octanol–water partition coefficient (Wildman–Crippen LogP) is 4.12. The van der Waals surface area contributed by atoms with Crippen molar-refractivity contribution < 1.29 is 14.3 Å². The summed E-state index contributed by atoms with van der Waals surface area (Å²) in [6.45, 7) is 2.67. The van der Waals surface area contributed by atoms with Gasteiger partial charge in [0.25, 0.3) is 5.91 Å². The number of aromatic nitrogens is 3. The van der Waals surface area contributed by atoms with Crippen LogP contribution >= 0.6 is 0 Å². The molecule has 178 valence electrons. The second-order valence-corrected chi connectivity index (χ2v) is 8.66. The normalized spacial score (nSPS) is 12.9. The number of aromatic amines is 1. The molecule has 0 bridgehead atoms. The molecule has 1 atom stereocenters. The van der Waals surface area contributed by atoms with E-state index in [1.165, 1.54) is 0 Å². The largest absolute Gasteiger partial charge is 0.497 e. The molecule has 2 aromatic heterocycles. The number of anilines is 1. The van der Waals surface area contributed by atoms with Crippen molar-refractivity contribution in [2.45, 2.75) is 32.4 Å². The number of fused-ring (bicyclic) bond motifs is 3. The number of aryl methyl sites for hydroxylation is 1. The van der Waals surface area contributed by atoms with Gasteiger partial charge in [0.05, 0.1) is 36.5 Å². The van der Waals surface area contributed by atoms with Gasteiger partial charge in [-0.15, -0.1) is 0 Å². The summed E-state index contributed by atoms with van der Waals surface area (Å²) in [6.07, 6.45) is 2.81. The van der Waals surface area contributed by atoms with Gasteiger partial charge in [-0.25, -0.2) is 0 Å². The molecule has 0 radical (unpaired) electrons. The number of carbonyl (C=O) groups excluding carboxylic acids is 2. The zero-order valence-electron chi connectivity index (χ0n) is 19.7. The third kappa shape index (κ3) is 4.68. The molecular weight excluding hydrogens is 442 g/mol. The van der Waals surface area contributed by atoms with Gasteiger partial charge in [0.2, 0.25) is 5.91 Å². The van der Waals surface area contributed by atoms with Gasteiger partial charge >= 0.3 is 0 Å². The van der Waals surface area contributed by atoms with Crippen molar-refractivity contribution in [1.82, 2.24) is 20.1 Å². The van der Waals surface area contributed by atoms with Crippen molar-refractivity contribution >= 4 is 17.6 Å². The number of amides is 2. The molecule has 3 heterocycles. The first-order chi connectivity index (χ1) is 17.0. The average molecular weight is 470 g/mol. The van der Waals surface area contributed by atoms with Crippen LogP contribution < -0.4 is 15.4 Å². The van der Waals surface area contributed by atoms with E-state index in [2.05, 4.69) is 20.8 Å². The zero-order chi connectivity index (χ0) is 24.4. The van der Waals surface area contributed by atoms with E-state index in [1.807, 2.05) is 78.4 Å². The Labute approximate surface area is 203 Å². The lowest BCUT2D eigenvalue weighted by atomic mass is 10.1. The predicted molar refractivity (Wildman–Crippen MR) is 133 cm³/mol. The van der Waals surface area contributed by atoms with E-state index in [4.69, 9.17) is 4.74 Å². The average Bonchev–Trinajstić information content (AvgIpc) is 3.49. The monoisotopic (exact) mass is 469 g/mol. The maximum absolute atomic E-state index is 12.9. The van der Waals surface area contributed by atoms with Gasteiger partial charge in [-0.2, -0.15) is 5.10 Å². The first-order valence-electron chi connectivity index (χ1n) is 11.6. The topological polar surface area (TPSA) is 101 Å². The number of ether oxygens (including phenoxy) is 1. The molecule has 0 saturated carbocycles. The molecule has 8 nitrogen and oxygen atoms in total. The number of carbonyl (C=O) groups is 2. The van der Waals surface area contributed by atoms with Crippen LogP contribution in [0.4, 0.5) is 5.82 Å². The van der Waals surface area contributed by atoms with Crippen LogP contribution in [-0.2, 0) is 24.2 Å². The Morgan fingerprint density at radius 1 is 1.14 bits per heavy atom. The van der Waals surface area contributed by atoms with Crippen LogP contribution in [0.3, 0.4) is 0 Å². The molecule has 5 rings (SSSR count). The summed E-state index contributed by atoms with van der Waals surface area (Å²) in [4.78, 5) is 25.5. The van der Waals surface area contributed by atoms with Crippen LogP contribution in [-0.4, -0.2) is 33.7 Å². The minimum Gasteiger partial charge on any atom is -0.497 e. The lowest BCUT2D eigenvalue weighted by Gasteiger charge is -2.16. The Balaban J connectivity index is 1.28. The Morgan fingerprint density at radius 3 is 2.66 bits per heavy atom. The van der Waals surface area contributed by atoms with Gasteiger partial charge in [0.1, 0.15) is 5.75 Å². The molecule has 1 unspecified atom stereocenters. The van der Waals surface area contributed by atoms with Gasteiger partial charge < -0.3 is 19.9 Å². The molecule has 0 fully saturated rings. The highest BCUT2D eigenvalue weighted by atomic mass is 16.5. The molecule has 2 aromatic carbocycles. The molecule has 0 aliphatic carbocycles. The Morgan fingerprint density at radius 2 is 1.91 bits per heavy atom. The molecule has 3 N–H and O–H groups in total. The molecular formula is C27H27N5O3. The van der Waals surface area contributed by atoms with Crippen LogP contribution in [0.5, 0.6) is 5.75 Å². The highest BCUT2D eigenvalue weighted by molar-refractivity contribution is 5.96. The molecule has 2 amide bonds. The fourth-order valence-corrected chi connectivity index (χ4v) is 4.40. The van der Waals surface area contributed by atoms with Crippen molar-refractivity contribution in [2.75, 3.05) is 12.4 Å². The minimum absolute atomic E-state index is 0.101. The van der Waals surface area contributed by atoms with Crippen molar-refractivity contribution in [2.24, 2.45) is 0 Å². The maximum Gasteiger partial charge on any atom is 0.253 e. The van der Waals surface area contributed by atoms with Crippen molar-refractivity contribution in [3.05, 3.63) is 89.1 Å². The molecule has 4 aromatic rings. The lowest BCUT2D eigenvalue weighted by molar-refractivity contribution is -0.115. The maximum atomic E-state index is 12.9. The summed E-state index contributed by atoms with van der Waals surface area (Å²) < 4.78 is 7.21. The third-order valence-corrected chi connectivity index (χ3v) is 6.31. The summed E-state index contributed by atoms with van der Waals surface area (Å²) in [7, 11) is 1.61. The van der Waals surface area contributed by atoms with E-state index < -0.39 is 0 Å². The van der Waals surface area contributed by atoms with Crippen LogP contribution in [0.15, 0.2) is 66.9 Å². The highest BCUT2D eigenvalue weighted by Gasteiger charge is 2.25. The number of nitrogens with one attached hydrogen (secondary N) is 3. The smallest absolute Gasteiger partial charge is 0.253 e. The minimum atomic E-state index is -0.139. The van der Waals surface area contributed by atoms with Crippen LogP contribution in [0, 0.1) is 0 Å². The van der Waals surface area contributed by atoms with Gasteiger partial charge in [-0.05, 0) is 42.7 Å². The first-order valence-corrected chi connectivity index (χ1v) is 11.6. The van der Waals surface area contributed by atoms with E-state index in [0.717, 1.165) is 33.8 Å². The number of benzene rings is 2. The zero-order valence-corrected chi connectivity index (χ0v) is 19.7. The van der Waals surface area contributed by atoms with Crippen molar-refractivity contribution in [1.29, 1.82) is 0 Å². The summed E-state index contributed by atoms with van der Waals surface area (Å²) in [5.74, 6) is 1.02. The number of nitrogens with zero attached hydrogens (tertiary/aromatic N) is 2. The molecule has 0 saturated heterocycles. The van der Waals surface area contributed by atoms with Crippen molar-refractivity contribution in [3.63, 3.8) is 0 Å². The van der Waals surface area contributed by atoms with E-state index in [-0.39, 0.29) is 24.3 Å². The molecule has 8 heteroatoms. The van der Waals surface area contributed by atoms with E-state index in [0.29, 0.717) is 24.3 Å². The van der Waals surface area contributed by atoms with Gasteiger partial charge in [0.15, 0.2) is 5.82 Å². The van der Waals surface area contributed by atoms with Gasteiger partial charge in [-0.1, -0.05) is 42.5 Å². The Kier molecular flexibility index (Phi) is 6.10. The van der Waals surface area contributed by atoms with E-state index in [1.54, 1.807) is 7.11 Å². The highest BCUT2D eigenvalue weighted by Crippen LogP contribution is 2.33. The molecule has 1 aliphatic heterocycles. The van der Waals surface area contributed by atoms with Gasteiger partial charge in [-0.3, -0.25) is 14.7 Å². The second kappa shape index (κ2) is 9.50. The summed E-state index contributed by atoms with van der Waals surface area (Å²) >= 11 is 0. The summed E-state index contributed by atoms with van der Waals surface area (Å²) in [6, 6.07) is 19.1. The number of methoxy groups -OCH3 is 1. The second-order valence-electron chi connectivity index (χ2n) is 8.66. The standard InChI is InChI=1S/C27H27N5O3/c1-17(19-6-4-3-5-7-19)28-27(34)20-15-23-25-22(12-13-32(23)16-20)26(31-30-25)29-24(33)14-18-8-10-21(35-2)11-9-18/h3-11,15-17H,12-14H2,1-2H3,(H,28,34)(H2,29,30,31,33). The van der Waals surface area contributed by atoms with E-state index in [9.17, 15) is 9.59 Å². The Hall–Kier alpha value is -4.33. The van der Waals surface area contributed by atoms with Crippen molar-refractivity contribution in [3.8, 4) is 17.1 Å². The Bertz CT molecular complexity index is 1360. The summed E-state index contributed by atoms with van der Waals surface area (Å²) in [5, 5.41) is 13.4. The molecule has 1 aliphatic rings. The molecule has 35 heavy (non-hydrogen) atoms. The SMILES string of the molecule is COc1ccc(CC(=O)Nc2n[nH]c3c2CCn2cc(C(=O)NC(C)c4ccccc4)cc2-3)cc1. The van der Waals surface area contributed by atoms with Crippen LogP contribution in [0.2, 0.25) is 0 Å². The quantitative estimate of drug-likeness (QED) is 0.379. The number of H-pyrrole nitrogens is 1. The molecule has 0 spiro atoms. The van der Waals surface area contributed by atoms with Gasteiger partial charge in [0, 0.05) is 18.3 Å². The number of rotatable bonds is 7. The first kappa shape index (κ1) is 22.5. The lowest BCUT2D eigenvalue weighted by Crippen LogP contribution is -2.26. The summed E-state index contributed by atoms with van der Waals surface area (Å²) in [5.41, 5.74) is 5.19. The van der Waals surface area contributed by atoms with E-state index >= 15 is 0 Å². The number of hydrogen-bond donors (Lipinski definition) is 3. The fraction of sp³-hybridized carbons (Fsp3) is 0.222. The van der Waals surface area contributed by atoms with Crippen LogP contribution in [0.1, 0.15) is 40.0 Å².